The average Bonchev–Trinajstić information content (AvgIpc) is 2.92. The number of nitrogens with zero attached hydrogens (tertiary/aromatic N) is 1. The topological polar surface area (TPSA) is 84.9 Å². The van der Waals surface area contributed by atoms with E-state index in [2.05, 4.69) is 5.32 Å². The van der Waals surface area contributed by atoms with Gasteiger partial charge in [0.1, 0.15) is 23.2 Å². The number of esters is 1. The molecule has 0 bridgehead atoms. The molecule has 7 nitrogen and oxygen atoms in total. The number of ether oxygens (including phenoxy) is 2. The van der Waals surface area contributed by atoms with Crippen molar-refractivity contribution < 1.29 is 23.9 Å². The van der Waals surface area contributed by atoms with Gasteiger partial charge in [0.2, 0.25) is 5.91 Å². The SMILES string of the molecule is CCCOC(=O)[C@@H]1N2C(=O)[C@@H](NC(=O)C(C)Oc3ccccc3)[C@H]2SC1(C)C. The van der Waals surface area contributed by atoms with E-state index < -0.39 is 22.9 Å². The molecule has 0 spiro atoms. The zero-order valence-corrected chi connectivity index (χ0v) is 17.3. The zero-order chi connectivity index (χ0) is 20.5. The van der Waals surface area contributed by atoms with Crippen molar-refractivity contribution in [3.05, 3.63) is 30.3 Å². The lowest BCUT2D eigenvalue weighted by atomic mass is 9.96. The van der Waals surface area contributed by atoms with Crippen molar-refractivity contribution in [3.63, 3.8) is 0 Å². The first kappa shape index (κ1) is 20.5. The van der Waals surface area contributed by atoms with Gasteiger partial charge in [-0.1, -0.05) is 25.1 Å². The number of carbonyl (C=O) groups excluding carboxylic acids is 3. The van der Waals surface area contributed by atoms with Crippen LogP contribution in [0.1, 0.15) is 34.1 Å². The van der Waals surface area contributed by atoms with E-state index in [4.69, 9.17) is 9.47 Å². The van der Waals surface area contributed by atoms with Crippen molar-refractivity contribution in [1.29, 1.82) is 0 Å². The number of rotatable bonds is 7. The fourth-order valence-electron chi connectivity index (χ4n) is 3.44. The maximum atomic E-state index is 12.7. The number of para-hydroxylation sites is 1. The number of amides is 2. The molecule has 2 saturated heterocycles. The van der Waals surface area contributed by atoms with E-state index in [1.165, 1.54) is 16.7 Å². The zero-order valence-electron chi connectivity index (χ0n) is 16.5. The lowest BCUT2D eigenvalue weighted by Gasteiger charge is -2.44. The van der Waals surface area contributed by atoms with Crippen molar-refractivity contribution >= 4 is 29.5 Å². The summed E-state index contributed by atoms with van der Waals surface area (Å²) >= 11 is 1.51. The smallest absolute Gasteiger partial charge is 0.330 e. The molecule has 0 aromatic heterocycles. The summed E-state index contributed by atoms with van der Waals surface area (Å²) in [5, 5.41) is 2.49. The van der Waals surface area contributed by atoms with Gasteiger partial charge in [-0.2, -0.15) is 0 Å². The maximum Gasteiger partial charge on any atom is 0.330 e. The Morgan fingerprint density at radius 2 is 1.96 bits per heavy atom. The molecule has 28 heavy (non-hydrogen) atoms. The summed E-state index contributed by atoms with van der Waals surface area (Å²) in [5.41, 5.74) is 0. The van der Waals surface area contributed by atoms with Crippen LogP contribution in [0.5, 0.6) is 5.75 Å². The highest BCUT2D eigenvalue weighted by molar-refractivity contribution is 8.01. The molecule has 2 aliphatic rings. The predicted octanol–water partition coefficient (Wildman–Crippen LogP) is 1.95. The highest BCUT2D eigenvalue weighted by Gasteiger charge is 2.64. The second-order valence-corrected chi connectivity index (χ2v) is 9.26. The number of nitrogens with one attached hydrogen (secondary N) is 1. The third kappa shape index (κ3) is 3.83. The van der Waals surface area contributed by atoms with Gasteiger partial charge in [0, 0.05) is 4.75 Å². The van der Waals surface area contributed by atoms with Crippen molar-refractivity contribution in [2.75, 3.05) is 6.61 Å². The number of thioether (sulfide) groups is 1. The van der Waals surface area contributed by atoms with Gasteiger partial charge in [-0.05, 0) is 39.3 Å². The number of carbonyl (C=O) groups is 3. The number of hydrogen-bond acceptors (Lipinski definition) is 6. The minimum absolute atomic E-state index is 0.262. The van der Waals surface area contributed by atoms with E-state index >= 15 is 0 Å². The third-order valence-electron chi connectivity index (χ3n) is 4.84. The molecule has 8 heteroatoms. The van der Waals surface area contributed by atoms with Gasteiger partial charge in [0.15, 0.2) is 6.10 Å². The Hall–Kier alpha value is -2.22. The molecule has 2 amide bonds. The average molecular weight is 407 g/mol. The summed E-state index contributed by atoms with van der Waals surface area (Å²) in [5.74, 6) is -0.429. The quantitative estimate of drug-likeness (QED) is 0.550. The molecule has 2 aliphatic heterocycles. The molecule has 0 aliphatic carbocycles. The van der Waals surface area contributed by atoms with Crippen molar-refractivity contribution in [3.8, 4) is 5.75 Å². The second-order valence-electron chi connectivity index (χ2n) is 7.49. The van der Waals surface area contributed by atoms with E-state index in [1.54, 1.807) is 19.1 Å². The third-order valence-corrected chi connectivity index (χ3v) is 6.41. The van der Waals surface area contributed by atoms with Crippen LogP contribution in [0.15, 0.2) is 30.3 Å². The summed E-state index contributed by atoms with van der Waals surface area (Å²) in [7, 11) is 0. The Morgan fingerprint density at radius 1 is 1.29 bits per heavy atom. The summed E-state index contributed by atoms with van der Waals surface area (Å²) in [6, 6.07) is 7.73. The van der Waals surface area contributed by atoms with Crippen molar-refractivity contribution in [2.45, 2.75) is 62.4 Å². The summed E-state index contributed by atoms with van der Waals surface area (Å²) in [6.07, 6.45) is -0.0181. The van der Waals surface area contributed by atoms with Crippen LogP contribution in [-0.2, 0) is 19.1 Å². The van der Waals surface area contributed by atoms with Crippen LogP contribution in [-0.4, -0.2) is 57.6 Å². The molecule has 2 fully saturated rings. The van der Waals surface area contributed by atoms with Gasteiger partial charge in [-0.15, -0.1) is 11.8 Å². The molecular weight excluding hydrogens is 380 g/mol. The molecule has 3 rings (SSSR count). The van der Waals surface area contributed by atoms with Gasteiger partial charge in [-0.25, -0.2) is 4.79 Å². The Kier molecular flexibility index (Phi) is 5.88. The molecule has 152 valence electrons. The van der Waals surface area contributed by atoms with Gasteiger partial charge in [0.05, 0.1) is 6.61 Å². The fourth-order valence-corrected chi connectivity index (χ4v) is 5.06. The fraction of sp³-hybridized carbons (Fsp3) is 0.550. The summed E-state index contributed by atoms with van der Waals surface area (Å²) in [4.78, 5) is 39.2. The van der Waals surface area contributed by atoms with Gasteiger partial charge in [-0.3, -0.25) is 9.59 Å². The lowest BCUT2D eigenvalue weighted by Crippen LogP contribution is -2.71. The number of β-lactam (4-membered cyclic amide) rings is 1. The molecule has 4 atom stereocenters. The molecule has 0 radical (unpaired) electrons. The Balaban J connectivity index is 1.62. The van der Waals surface area contributed by atoms with Gasteiger partial charge in [0.25, 0.3) is 5.91 Å². The Bertz CT molecular complexity index is 754. The number of fused-ring (bicyclic) bond motifs is 1. The lowest BCUT2D eigenvalue weighted by molar-refractivity contribution is -0.164. The first-order chi connectivity index (χ1) is 13.3. The van der Waals surface area contributed by atoms with Crippen LogP contribution in [0, 0.1) is 0 Å². The van der Waals surface area contributed by atoms with Crippen LogP contribution in [0.25, 0.3) is 0 Å². The summed E-state index contributed by atoms with van der Waals surface area (Å²) in [6.45, 7) is 7.73. The number of benzene rings is 1. The van der Waals surface area contributed by atoms with E-state index in [0.717, 1.165) is 6.42 Å². The van der Waals surface area contributed by atoms with E-state index in [9.17, 15) is 14.4 Å². The van der Waals surface area contributed by atoms with Crippen LogP contribution in [0.2, 0.25) is 0 Å². The van der Waals surface area contributed by atoms with E-state index in [-0.39, 0.29) is 23.2 Å². The minimum atomic E-state index is -0.742. The standard InChI is InChI=1S/C20H26N2O5S/c1-5-11-26-19(25)15-20(3,4)28-18-14(17(24)22(15)18)21-16(23)12(2)27-13-9-7-6-8-10-13/h6-10,12,14-15,18H,5,11H2,1-4H3,(H,21,23)/t12?,14-,15+,18-/m1/s1. The van der Waals surface area contributed by atoms with Crippen LogP contribution < -0.4 is 10.1 Å². The van der Waals surface area contributed by atoms with Crippen LogP contribution in [0.3, 0.4) is 0 Å². The van der Waals surface area contributed by atoms with E-state index in [0.29, 0.717) is 12.4 Å². The molecule has 1 N–H and O–H groups in total. The molecular formula is C20H26N2O5S. The summed E-state index contributed by atoms with van der Waals surface area (Å²) < 4.78 is 10.4. The molecule has 0 saturated carbocycles. The molecule has 2 heterocycles. The molecule has 1 aromatic carbocycles. The van der Waals surface area contributed by atoms with Gasteiger partial charge < -0.3 is 19.7 Å². The minimum Gasteiger partial charge on any atom is -0.481 e. The number of hydrogen-bond donors (Lipinski definition) is 1. The first-order valence-electron chi connectivity index (χ1n) is 9.45. The predicted molar refractivity (Wildman–Crippen MR) is 106 cm³/mol. The Labute approximate surface area is 169 Å². The van der Waals surface area contributed by atoms with Crippen molar-refractivity contribution in [1.82, 2.24) is 10.2 Å². The van der Waals surface area contributed by atoms with Crippen LogP contribution in [0.4, 0.5) is 0 Å². The molecule has 1 unspecified atom stereocenters. The Morgan fingerprint density at radius 3 is 2.61 bits per heavy atom. The molecule has 1 aromatic rings. The van der Waals surface area contributed by atoms with Gasteiger partial charge >= 0.3 is 5.97 Å². The van der Waals surface area contributed by atoms with Crippen LogP contribution >= 0.6 is 11.8 Å². The normalized spacial score (nSPS) is 26.1. The highest BCUT2D eigenvalue weighted by Crippen LogP contribution is 2.51. The first-order valence-corrected chi connectivity index (χ1v) is 10.3. The van der Waals surface area contributed by atoms with Crippen molar-refractivity contribution in [2.24, 2.45) is 0 Å². The monoisotopic (exact) mass is 406 g/mol. The highest BCUT2D eigenvalue weighted by atomic mass is 32.2. The maximum absolute atomic E-state index is 12.7. The largest absolute Gasteiger partial charge is 0.481 e. The van der Waals surface area contributed by atoms with E-state index in [1.807, 2.05) is 39.0 Å². The second kappa shape index (κ2) is 8.03.